The molecule has 8 heteroatoms. The monoisotopic (exact) mass is 255 g/mol. The van der Waals surface area contributed by atoms with E-state index < -0.39 is 11.2 Å². The van der Waals surface area contributed by atoms with Gasteiger partial charge in [0.05, 0.1) is 6.54 Å². The average Bonchev–Trinajstić information content (AvgIpc) is 2.67. The molecule has 0 saturated carbocycles. The summed E-state index contributed by atoms with van der Waals surface area (Å²) in [7, 11) is 1.73. The van der Waals surface area contributed by atoms with Crippen LogP contribution in [0.3, 0.4) is 0 Å². The molecule has 1 N–H and O–H groups in total. The van der Waals surface area contributed by atoms with Gasteiger partial charge in [0.2, 0.25) is 0 Å². The summed E-state index contributed by atoms with van der Waals surface area (Å²) >= 11 is 5.70. The van der Waals surface area contributed by atoms with Gasteiger partial charge >= 0.3 is 5.69 Å². The third kappa shape index (κ3) is 2.01. The maximum absolute atomic E-state index is 11.8. The molecule has 0 bridgehead atoms. The zero-order valence-corrected chi connectivity index (χ0v) is 10.0. The van der Waals surface area contributed by atoms with E-state index in [1.165, 1.54) is 6.33 Å². The molecule has 0 radical (unpaired) electrons. The maximum Gasteiger partial charge on any atom is 0.329 e. The van der Waals surface area contributed by atoms with Crippen molar-refractivity contribution in [2.24, 2.45) is 7.05 Å². The first-order valence-corrected chi connectivity index (χ1v) is 5.20. The van der Waals surface area contributed by atoms with E-state index in [1.807, 2.05) is 0 Å². The van der Waals surface area contributed by atoms with Crippen LogP contribution in [0, 0.1) is 6.92 Å². The van der Waals surface area contributed by atoms with Gasteiger partial charge in [-0.05, 0) is 6.92 Å². The SMILES string of the molecule is Cc1c(Cl)[nH]c(=O)n(Cc2nncn2C)c1=O. The van der Waals surface area contributed by atoms with Gasteiger partial charge in [-0.15, -0.1) is 10.2 Å². The Hall–Kier alpha value is -1.89. The molecular formula is C9H10ClN5O2. The minimum absolute atomic E-state index is 0.0582. The summed E-state index contributed by atoms with van der Waals surface area (Å²) in [5, 5.41) is 7.55. The Morgan fingerprint density at radius 3 is 2.76 bits per heavy atom. The number of aromatic amines is 1. The highest BCUT2D eigenvalue weighted by Crippen LogP contribution is 2.03. The Balaban J connectivity index is 2.55. The lowest BCUT2D eigenvalue weighted by molar-refractivity contribution is 0.636. The van der Waals surface area contributed by atoms with Gasteiger partial charge in [-0.1, -0.05) is 11.6 Å². The first kappa shape index (κ1) is 11.6. The zero-order valence-electron chi connectivity index (χ0n) is 9.27. The summed E-state index contributed by atoms with van der Waals surface area (Å²) in [6.45, 7) is 1.61. The van der Waals surface area contributed by atoms with Gasteiger partial charge in [-0.25, -0.2) is 4.79 Å². The lowest BCUT2D eigenvalue weighted by Gasteiger charge is -2.05. The largest absolute Gasteiger partial charge is 0.329 e. The van der Waals surface area contributed by atoms with E-state index in [2.05, 4.69) is 15.2 Å². The van der Waals surface area contributed by atoms with Crippen LogP contribution in [0.1, 0.15) is 11.4 Å². The number of rotatable bonds is 2. The smallest absolute Gasteiger partial charge is 0.319 e. The molecule has 2 aromatic rings. The van der Waals surface area contributed by atoms with E-state index in [4.69, 9.17) is 11.6 Å². The lowest BCUT2D eigenvalue weighted by atomic mass is 10.4. The van der Waals surface area contributed by atoms with Crippen molar-refractivity contribution in [3.8, 4) is 0 Å². The average molecular weight is 256 g/mol. The second-order valence-corrected chi connectivity index (χ2v) is 4.00. The summed E-state index contributed by atoms with van der Waals surface area (Å²) in [5.74, 6) is 0.513. The van der Waals surface area contributed by atoms with Crippen molar-refractivity contribution in [1.29, 1.82) is 0 Å². The summed E-state index contributed by atoms with van der Waals surface area (Å²) in [5.41, 5.74) is -0.691. The van der Waals surface area contributed by atoms with Gasteiger partial charge in [-0.2, -0.15) is 0 Å². The molecule has 0 aliphatic carbocycles. The molecule has 0 spiro atoms. The summed E-state index contributed by atoms with van der Waals surface area (Å²) in [6.07, 6.45) is 1.50. The normalized spacial score (nSPS) is 10.8. The van der Waals surface area contributed by atoms with Crippen molar-refractivity contribution in [3.05, 3.63) is 43.7 Å². The van der Waals surface area contributed by atoms with Crippen LogP contribution in [-0.2, 0) is 13.6 Å². The molecule has 0 unspecified atom stereocenters. The Kier molecular flexibility index (Phi) is 2.84. The van der Waals surface area contributed by atoms with Crippen molar-refractivity contribution >= 4 is 11.6 Å². The molecule has 0 amide bonds. The van der Waals surface area contributed by atoms with Gasteiger partial charge in [0.25, 0.3) is 5.56 Å². The molecule has 2 rings (SSSR count). The third-order valence-electron chi connectivity index (χ3n) is 2.46. The van der Waals surface area contributed by atoms with Crippen molar-refractivity contribution in [2.75, 3.05) is 0 Å². The molecule has 0 saturated heterocycles. The van der Waals surface area contributed by atoms with Gasteiger partial charge in [-0.3, -0.25) is 14.3 Å². The highest BCUT2D eigenvalue weighted by Gasteiger charge is 2.11. The predicted molar refractivity (Wildman–Crippen MR) is 61.2 cm³/mol. The van der Waals surface area contributed by atoms with Gasteiger partial charge in [0.15, 0.2) is 5.82 Å². The molecule has 2 heterocycles. The van der Waals surface area contributed by atoms with E-state index in [1.54, 1.807) is 18.5 Å². The molecule has 0 aliphatic rings. The Labute approximate surface area is 101 Å². The summed E-state index contributed by atoms with van der Waals surface area (Å²) in [4.78, 5) is 25.9. The quantitative estimate of drug-likeness (QED) is 0.745. The molecule has 0 atom stereocenters. The van der Waals surface area contributed by atoms with Crippen LogP contribution < -0.4 is 11.2 Å². The molecule has 0 aliphatic heterocycles. The first-order valence-electron chi connectivity index (χ1n) is 4.83. The van der Waals surface area contributed by atoms with Crippen LogP contribution >= 0.6 is 11.6 Å². The molecule has 7 nitrogen and oxygen atoms in total. The third-order valence-corrected chi connectivity index (χ3v) is 2.84. The van der Waals surface area contributed by atoms with Crippen molar-refractivity contribution in [3.63, 3.8) is 0 Å². The van der Waals surface area contributed by atoms with Crippen molar-refractivity contribution in [2.45, 2.75) is 13.5 Å². The maximum atomic E-state index is 11.8. The number of hydrogen-bond donors (Lipinski definition) is 1. The van der Waals surface area contributed by atoms with Crippen LogP contribution in [-0.4, -0.2) is 24.3 Å². The number of H-pyrrole nitrogens is 1. The number of nitrogens with one attached hydrogen (secondary N) is 1. The van der Waals surface area contributed by atoms with Crippen LogP contribution in [0.15, 0.2) is 15.9 Å². The number of nitrogens with zero attached hydrogens (tertiary/aromatic N) is 4. The van der Waals surface area contributed by atoms with Gasteiger partial charge < -0.3 is 4.57 Å². The molecule has 2 aromatic heterocycles. The van der Waals surface area contributed by atoms with Gasteiger partial charge in [0.1, 0.15) is 11.5 Å². The predicted octanol–water partition coefficient (Wildman–Crippen LogP) is -0.325. The highest BCUT2D eigenvalue weighted by atomic mass is 35.5. The Bertz CT molecular complexity index is 669. The van der Waals surface area contributed by atoms with E-state index in [9.17, 15) is 9.59 Å². The Morgan fingerprint density at radius 2 is 2.18 bits per heavy atom. The minimum atomic E-state index is -0.561. The second kappa shape index (κ2) is 4.17. The van der Waals surface area contributed by atoms with E-state index in [-0.39, 0.29) is 11.7 Å². The summed E-state index contributed by atoms with van der Waals surface area (Å²) in [6, 6.07) is 0. The lowest BCUT2D eigenvalue weighted by Crippen LogP contribution is -2.37. The van der Waals surface area contributed by atoms with Crippen LogP contribution in [0.4, 0.5) is 0 Å². The second-order valence-electron chi connectivity index (χ2n) is 3.62. The Morgan fingerprint density at radius 1 is 1.47 bits per heavy atom. The molecule has 0 fully saturated rings. The molecule has 90 valence electrons. The van der Waals surface area contributed by atoms with E-state index in [0.29, 0.717) is 11.4 Å². The molecular weight excluding hydrogens is 246 g/mol. The zero-order chi connectivity index (χ0) is 12.6. The molecule has 17 heavy (non-hydrogen) atoms. The van der Waals surface area contributed by atoms with Crippen LogP contribution in [0.25, 0.3) is 0 Å². The van der Waals surface area contributed by atoms with Crippen LogP contribution in [0.5, 0.6) is 0 Å². The van der Waals surface area contributed by atoms with E-state index >= 15 is 0 Å². The van der Waals surface area contributed by atoms with Crippen molar-refractivity contribution in [1.82, 2.24) is 24.3 Å². The highest BCUT2D eigenvalue weighted by molar-refractivity contribution is 6.30. The standard InChI is InChI=1S/C9H10ClN5O2/c1-5-7(10)12-9(17)15(8(5)16)3-6-13-11-4-14(6)2/h4H,3H2,1-2H3,(H,12,17). The number of hydrogen-bond acceptors (Lipinski definition) is 4. The van der Waals surface area contributed by atoms with Crippen molar-refractivity contribution < 1.29 is 0 Å². The number of aryl methyl sites for hydroxylation is 1. The van der Waals surface area contributed by atoms with E-state index in [0.717, 1.165) is 4.57 Å². The fourth-order valence-corrected chi connectivity index (χ4v) is 1.54. The number of aromatic nitrogens is 5. The topological polar surface area (TPSA) is 85.6 Å². The number of halogens is 1. The van der Waals surface area contributed by atoms with Gasteiger partial charge in [0, 0.05) is 12.6 Å². The first-order chi connectivity index (χ1) is 8.00. The van der Waals surface area contributed by atoms with Crippen LogP contribution in [0.2, 0.25) is 5.15 Å². The fourth-order valence-electron chi connectivity index (χ4n) is 1.38. The fraction of sp³-hybridized carbons (Fsp3) is 0.333. The molecule has 0 aromatic carbocycles. The summed E-state index contributed by atoms with van der Waals surface area (Å²) < 4.78 is 2.67. The minimum Gasteiger partial charge on any atom is -0.319 e.